The van der Waals surface area contributed by atoms with Crippen LogP contribution in [-0.4, -0.2) is 22.5 Å². The third-order valence-corrected chi connectivity index (χ3v) is 3.44. The number of nitrogens with two attached hydrogens (primary N) is 1. The SMILES string of the molecule is CCC(CC)(NC(=O)c1ccc(F)c(F)c1F)C(N)=NO. The first-order valence-electron chi connectivity index (χ1n) is 6.27. The number of amides is 1. The first kappa shape index (κ1) is 16.8. The topological polar surface area (TPSA) is 87.7 Å². The highest BCUT2D eigenvalue weighted by Crippen LogP contribution is 2.19. The average molecular weight is 303 g/mol. The summed E-state index contributed by atoms with van der Waals surface area (Å²) in [7, 11) is 0. The molecule has 0 aliphatic rings. The van der Waals surface area contributed by atoms with E-state index >= 15 is 0 Å². The molecule has 5 nitrogen and oxygen atoms in total. The summed E-state index contributed by atoms with van der Waals surface area (Å²) >= 11 is 0. The number of oxime groups is 1. The summed E-state index contributed by atoms with van der Waals surface area (Å²) in [4.78, 5) is 12.1. The molecule has 1 rings (SSSR count). The summed E-state index contributed by atoms with van der Waals surface area (Å²) in [5, 5.41) is 14.0. The number of rotatable bonds is 5. The highest BCUT2D eigenvalue weighted by molar-refractivity contribution is 6.00. The molecule has 0 atom stereocenters. The molecule has 1 amide bonds. The second-order valence-corrected chi connectivity index (χ2v) is 4.45. The maximum atomic E-state index is 13.6. The Kier molecular flexibility index (Phi) is 5.17. The summed E-state index contributed by atoms with van der Waals surface area (Å²) in [5.41, 5.74) is 3.68. The molecule has 0 radical (unpaired) electrons. The molecule has 0 spiro atoms. The van der Waals surface area contributed by atoms with Crippen molar-refractivity contribution in [2.75, 3.05) is 0 Å². The molecular weight excluding hydrogens is 287 g/mol. The van der Waals surface area contributed by atoms with Crippen LogP contribution in [0.4, 0.5) is 13.2 Å². The van der Waals surface area contributed by atoms with Crippen LogP contribution in [0.25, 0.3) is 0 Å². The summed E-state index contributed by atoms with van der Waals surface area (Å²) < 4.78 is 39.6. The van der Waals surface area contributed by atoms with Gasteiger partial charge in [0.05, 0.1) is 5.56 Å². The standard InChI is InChI=1S/C13H16F3N3O2/c1-3-13(4-2,12(17)19-21)18-11(20)7-5-6-8(14)10(16)9(7)15/h5-6,21H,3-4H2,1-2H3,(H2,17,19)(H,18,20). The molecule has 0 unspecified atom stereocenters. The predicted octanol–water partition coefficient (Wildman–Crippen LogP) is 2.14. The Labute approximate surface area is 119 Å². The molecule has 0 saturated carbocycles. The normalized spacial score (nSPS) is 12.3. The molecule has 0 bridgehead atoms. The zero-order valence-electron chi connectivity index (χ0n) is 11.6. The van der Waals surface area contributed by atoms with E-state index in [0.717, 1.165) is 6.07 Å². The van der Waals surface area contributed by atoms with Crippen LogP contribution in [0.15, 0.2) is 17.3 Å². The number of nitrogens with one attached hydrogen (secondary N) is 1. The Balaban J connectivity index is 3.18. The van der Waals surface area contributed by atoms with Gasteiger partial charge in [-0.15, -0.1) is 0 Å². The number of carbonyl (C=O) groups is 1. The number of halogens is 3. The van der Waals surface area contributed by atoms with Crippen molar-refractivity contribution in [3.8, 4) is 0 Å². The Bertz CT molecular complexity index is 572. The van der Waals surface area contributed by atoms with E-state index in [2.05, 4.69) is 10.5 Å². The second-order valence-electron chi connectivity index (χ2n) is 4.45. The van der Waals surface area contributed by atoms with E-state index < -0.39 is 34.5 Å². The van der Waals surface area contributed by atoms with Crippen LogP contribution in [0.2, 0.25) is 0 Å². The highest BCUT2D eigenvalue weighted by atomic mass is 19.2. The number of benzene rings is 1. The van der Waals surface area contributed by atoms with Crippen molar-refractivity contribution in [3.05, 3.63) is 35.1 Å². The van der Waals surface area contributed by atoms with Crippen LogP contribution in [0.3, 0.4) is 0 Å². The lowest BCUT2D eigenvalue weighted by Gasteiger charge is -2.31. The zero-order valence-corrected chi connectivity index (χ0v) is 11.6. The van der Waals surface area contributed by atoms with Crippen LogP contribution in [0, 0.1) is 17.5 Å². The zero-order chi connectivity index (χ0) is 16.2. The minimum Gasteiger partial charge on any atom is -0.409 e. The lowest BCUT2D eigenvalue weighted by molar-refractivity contribution is 0.0912. The molecule has 1 aromatic carbocycles. The molecule has 116 valence electrons. The largest absolute Gasteiger partial charge is 0.409 e. The van der Waals surface area contributed by atoms with Crippen LogP contribution in [0.1, 0.15) is 37.0 Å². The molecule has 0 aromatic heterocycles. The fraction of sp³-hybridized carbons (Fsp3) is 0.385. The van der Waals surface area contributed by atoms with Crippen molar-refractivity contribution < 1.29 is 23.2 Å². The van der Waals surface area contributed by atoms with Gasteiger partial charge in [-0.05, 0) is 25.0 Å². The molecule has 0 fully saturated rings. The molecule has 0 heterocycles. The van der Waals surface area contributed by atoms with E-state index in [1.165, 1.54) is 0 Å². The Morgan fingerprint density at radius 2 is 1.86 bits per heavy atom. The van der Waals surface area contributed by atoms with Crippen LogP contribution < -0.4 is 11.1 Å². The number of hydrogen-bond acceptors (Lipinski definition) is 3. The van der Waals surface area contributed by atoms with Crippen molar-refractivity contribution in [1.82, 2.24) is 5.32 Å². The van der Waals surface area contributed by atoms with Crippen molar-refractivity contribution >= 4 is 11.7 Å². The van der Waals surface area contributed by atoms with E-state index in [-0.39, 0.29) is 18.7 Å². The molecule has 4 N–H and O–H groups in total. The lowest BCUT2D eigenvalue weighted by atomic mass is 9.91. The van der Waals surface area contributed by atoms with Gasteiger partial charge in [0.15, 0.2) is 23.3 Å². The molecular formula is C13H16F3N3O2. The fourth-order valence-corrected chi connectivity index (χ4v) is 1.93. The van der Waals surface area contributed by atoms with Gasteiger partial charge in [0, 0.05) is 0 Å². The van der Waals surface area contributed by atoms with Gasteiger partial charge >= 0.3 is 0 Å². The van der Waals surface area contributed by atoms with Crippen LogP contribution in [0.5, 0.6) is 0 Å². The van der Waals surface area contributed by atoms with Gasteiger partial charge in [0.1, 0.15) is 5.54 Å². The Morgan fingerprint density at radius 3 is 2.33 bits per heavy atom. The average Bonchev–Trinajstić information content (AvgIpc) is 2.49. The molecule has 1 aromatic rings. The van der Waals surface area contributed by atoms with Gasteiger partial charge in [-0.1, -0.05) is 19.0 Å². The third-order valence-electron chi connectivity index (χ3n) is 3.44. The molecule has 0 aliphatic carbocycles. The first-order valence-corrected chi connectivity index (χ1v) is 6.27. The van der Waals surface area contributed by atoms with Crippen LogP contribution >= 0.6 is 0 Å². The smallest absolute Gasteiger partial charge is 0.255 e. The van der Waals surface area contributed by atoms with Crippen molar-refractivity contribution in [3.63, 3.8) is 0 Å². The summed E-state index contributed by atoms with van der Waals surface area (Å²) in [6.07, 6.45) is 0.521. The van der Waals surface area contributed by atoms with E-state index in [1.54, 1.807) is 13.8 Å². The summed E-state index contributed by atoms with van der Waals surface area (Å²) in [6.45, 7) is 3.34. The fourth-order valence-electron chi connectivity index (χ4n) is 1.93. The Morgan fingerprint density at radius 1 is 1.29 bits per heavy atom. The first-order chi connectivity index (χ1) is 9.82. The predicted molar refractivity (Wildman–Crippen MR) is 70.5 cm³/mol. The van der Waals surface area contributed by atoms with E-state index in [4.69, 9.17) is 10.9 Å². The van der Waals surface area contributed by atoms with E-state index in [1.807, 2.05) is 0 Å². The summed E-state index contributed by atoms with van der Waals surface area (Å²) in [6, 6.07) is 1.47. The maximum Gasteiger partial charge on any atom is 0.255 e. The van der Waals surface area contributed by atoms with Crippen molar-refractivity contribution in [2.24, 2.45) is 10.9 Å². The highest BCUT2D eigenvalue weighted by Gasteiger charge is 2.34. The number of hydrogen-bond donors (Lipinski definition) is 3. The number of amidine groups is 1. The number of carbonyl (C=O) groups excluding carboxylic acids is 1. The minimum absolute atomic E-state index is 0.260. The van der Waals surface area contributed by atoms with E-state index in [0.29, 0.717) is 6.07 Å². The number of nitrogens with zero attached hydrogens (tertiary/aromatic N) is 1. The van der Waals surface area contributed by atoms with Gasteiger partial charge in [-0.25, -0.2) is 13.2 Å². The van der Waals surface area contributed by atoms with Crippen molar-refractivity contribution in [2.45, 2.75) is 32.2 Å². The molecule has 8 heteroatoms. The molecule has 0 saturated heterocycles. The Hall–Kier alpha value is -2.25. The van der Waals surface area contributed by atoms with Gasteiger partial charge in [-0.3, -0.25) is 4.79 Å². The van der Waals surface area contributed by atoms with E-state index in [9.17, 15) is 18.0 Å². The monoisotopic (exact) mass is 303 g/mol. The lowest BCUT2D eigenvalue weighted by Crippen LogP contribution is -2.57. The quantitative estimate of drug-likeness (QED) is 0.256. The van der Waals surface area contributed by atoms with Crippen LogP contribution in [-0.2, 0) is 0 Å². The van der Waals surface area contributed by atoms with Gasteiger partial charge in [-0.2, -0.15) is 0 Å². The molecule has 0 aliphatic heterocycles. The third kappa shape index (κ3) is 3.09. The maximum absolute atomic E-state index is 13.6. The van der Waals surface area contributed by atoms with Gasteiger partial charge in [0.25, 0.3) is 5.91 Å². The van der Waals surface area contributed by atoms with Crippen molar-refractivity contribution in [1.29, 1.82) is 0 Å². The second kappa shape index (κ2) is 6.47. The van der Waals surface area contributed by atoms with Gasteiger partial charge < -0.3 is 16.3 Å². The summed E-state index contributed by atoms with van der Waals surface area (Å²) in [5.74, 6) is -5.96. The molecule has 21 heavy (non-hydrogen) atoms. The minimum atomic E-state index is -1.73. The van der Waals surface area contributed by atoms with Gasteiger partial charge in [0.2, 0.25) is 0 Å².